The summed E-state index contributed by atoms with van der Waals surface area (Å²) in [6.45, 7) is 2.54. The molecule has 2 N–H and O–H groups in total. The number of carbonyl (C=O) groups is 1. The lowest BCUT2D eigenvalue weighted by molar-refractivity contribution is 0.0697. The van der Waals surface area contributed by atoms with Crippen LogP contribution in [0.4, 0.5) is 5.82 Å². The Bertz CT molecular complexity index is 843. The molecule has 24 heavy (non-hydrogen) atoms. The van der Waals surface area contributed by atoms with Gasteiger partial charge in [0, 0.05) is 18.0 Å². The molecular formula is C19H17N3O2. The molecular weight excluding hydrogens is 302 g/mol. The number of hydrogen-bond acceptors (Lipinski definition) is 4. The summed E-state index contributed by atoms with van der Waals surface area (Å²) in [7, 11) is 0. The number of benzene rings is 1. The van der Waals surface area contributed by atoms with Gasteiger partial charge in [-0.15, -0.1) is 0 Å². The van der Waals surface area contributed by atoms with Crippen LogP contribution in [-0.4, -0.2) is 21.0 Å². The van der Waals surface area contributed by atoms with E-state index in [1.54, 1.807) is 24.4 Å². The average Bonchev–Trinajstić information content (AvgIpc) is 2.62. The highest BCUT2D eigenvalue weighted by Crippen LogP contribution is 2.23. The monoisotopic (exact) mass is 319 g/mol. The Hall–Kier alpha value is -3.21. The second-order valence-electron chi connectivity index (χ2n) is 5.46. The van der Waals surface area contributed by atoms with Crippen molar-refractivity contribution in [3.63, 3.8) is 0 Å². The van der Waals surface area contributed by atoms with E-state index in [4.69, 9.17) is 0 Å². The van der Waals surface area contributed by atoms with Crippen LogP contribution < -0.4 is 5.32 Å². The highest BCUT2D eigenvalue weighted by Gasteiger charge is 2.10. The molecule has 0 aliphatic heterocycles. The smallest absolute Gasteiger partial charge is 0.336 e. The number of carboxylic acids is 1. The molecule has 3 rings (SSSR count). The third-order valence-electron chi connectivity index (χ3n) is 3.66. The molecule has 0 spiro atoms. The van der Waals surface area contributed by atoms with Crippen molar-refractivity contribution in [1.82, 2.24) is 9.97 Å². The summed E-state index contributed by atoms with van der Waals surface area (Å²) in [4.78, 5) is 20.0. The molecule has 0 radical (unpaired) electrons. The van der Waals surface area contributed by atoms with Crippen LogP contribution in [0.5, 0.6) is 0 Å². The fraction of sp³-hybridized carbons (Fsp3) is 0.105. The normalized spacial score (nSPS) is 10.4. The van der Waals surface area contributed by atoms with E-state index in [1.165, 1.54) is 0 Å². The number of pyridine rings is 2. The van der Waals surface area contributed by atoms with Gasteiger partial charge in [0.05, 0.1) is 17.8 Å². The molecule has 5 nitrogen and oxygen atoms in total. The third-order valence-corrected chi connectivity index (χ3v) is 3.66. The van der Waals surface area contributed by atoms with Crippen LogP contribution in [0.3, 0.4) is 0 Å². The van der Waals surface area contributed by atoms with Crippen LogP contribution in [0.1, 0.15) is 21.6 Å². The minimum absolute atomic E-state index is 0.272. The summed E-state index contributed by atoms with van der Waals surface area (Å²) >= 11 is 0. The minimum Gasteiger partial charge on any atom is -0.478 e. The van der Waals surface area contributed by atoms with Crippen LogP contribution >= 0.6 is 0 Å². The predicted molar refractivity (Wildman–Crippen MR) is 92.9 cm³/mol. The molecule has 3 aromatic rings. The summed E-state index contributed by atoms with van der Waals surface area (Å²) in [6, 6.07) is 14.6. The number of aromatic nitrogens is 2. The number of aromatic carboxylic acids is 1. The molecule has 0 aliphatic carbocycles. The fourth-order valence-electron chi connectivity index (χ4n) is 2.36. The Balaban J connectivity index is 1.74. The lowest BCUT2D eigenvalue weighted by Crippen LogP contribution is -2.03. The standard InChI is InChI=1S/C19H17N3O2/c1-13-6-9-18(21-10-13)22-12-15-8-7-14(11-20-15)16-4-2-3-5-17(16)19(23)24/h2-11H,12H2,1H3,(H,21,22)(H,23,24). The van der Waals surface area contributed by atoms with Gasteiger partial charge in [-0.05, 0) is 36.2 Å². The van der Waals surface area contributed by atoms with Crippen molar-refractivity contribution in [2.75, 3.05) is 5.32 Å². The van der Waals surface area contributed by atoms with E-state index in [0.29, 0.717) is 12.1 Å². The van der Waals surface area contributed by atoms with Gasteiger partial charge in [-0.1, -0.05) is 30.3 Å². The van der Waals surface area contributed by atoms with E-state index >= 15 is 0 Å². The second kappa shape index (κ2) is 6.91. The SMILES string of the molecule is Cc1ccc(NCc2ccc(-c3ccccc3C(=O)O)cn2)nc1. The number of rotatable bonds is 5. The molecule has 0 unspecified atom stereocenters. The quantitative estimate of drug-likeness (QED) is 0.749. The summed E-state index contributed by atoms with van der Waals surface area (Å²) in [5.41, 5.74) is 3.69. The minimum atomic E-state index is -0.943. The Morgan fingerprint density at radius 2 is 1.88 bits per heavy atom. The van der Waals surface area contributed by atoms with Crippen molar-refractivity contribution in [3.05, 3.63) is 77.7 Å². The first kappa shape index (κ1) is 15.7. The largest absolute Gasteiger partial charge is 0.478 e. The van der Waals surface area contributed by atoms with Gasteiger partial charge >= 0.3 is 5.97 Å². The lowest BCUT2D eigenvalue weighted by Gasteiger charge is -2.08. The molecule has 0 atom stereocenters. The first-order chi connectivity index (χ1) is 11.6. The van der Waals surface area contributed by atoms with Gasteiger partial charge in [0.15, 0.2) is 0 Å². The van der Waals surface area contributed by atoms with Crippen molar-refractivity contribution in [1.29, 1.82) is 0 Å². The van der Waals surface area contributed by atoms with Gasteiger partial charge in [-0.25, -0.2) is 9.78 Å². The Morgan fingerprint density at radius 3 is 2.54 bits per heavy atom. The first-order valence-electron chi connectivity index (χ1n) is 7.57. The molecule has 2 aromatic heterocycles. The lowest BCUT2D eigenvalue weighted by atomic mass is 10.0. The van der Waals surface area contributed by atoms with Crippen LogP contribution in [0.15, 0.2) is 60.9 Å². The van der Waals surface area contributed by atoms with Crippen molar-refractivity contribution >= 4 is 11.8 Å². The van der Waals surface area contributed by atoms with Crippen molar-refractivity contribution in [3.8, 4) is 11.1 Å². The molecule has 1 aromatic carbocycles. The molecule has 2 heterocycles. The zero-order chi connectivity index (χ0) is 16.9. The van der Waals surface area contributed by atoms with Crippen LogP contribution in [0.25, 0.3) is 11.1 Å². The van der Waals surface area contributed by atoms with Gasteiger partial charge in [-0.2, -0.15) is 0 Å². The summed E-state index contributed by atoms with van der Waals surface area (Å²) in [5, 5.41) is 12.5. The molecule has 0 amide bonds. The third kappa shape index (κ3) is 3.57. The van der Waals surface area contributed by atoms with Crippen molar-refractivity contribution in [2.24, 2.45) is 0 Å². The summed E-state index contributed by atoms with van der Waals surface area (Å²) < 4.78 is 0. The summed E-state index contributed by atoms with van der Waals surface area (Å²) in [5.74, 6) is -0.149. The Labute approximate surface area is 140 Å². The maximum atomic E-state index is 11.3. The van der Waals surface area contributed by atoms with Crippen LogP contribution in [0.2, 0.25) is 0 Å². The molecule has 120 valence electrons. The molecule has 0 saturated heterocycles. The van der Waals surface area contributed by atoms with E-state index in [-0.39, 0.29) is 5.56 Å². The van der Waals surface area contributed by atoms with Gasteiger partial charge in [0.2, 0.25) is 0 Å². The van der Waals surface area contributed by atoms with Gasteiger partial charge in [0.1, 0.15) is 5.82 Å². The first-order valence-corrected chi connectivity index (χ1v) is 7.57. The molecule has 0 saturated carbocycles. The van der Waals surface area contributed by atoms with E-state index in [2.05, 4.69) is 15.3 Å². The van der Waals surface area contributed by atoms with Gasteiger partial charge < -0.3 is 10.4 Å². The van der Waals surface area contributed by atoms with E-state index in [0.717, 1.165) is 22.6 Å². The Kier molecular flexibility index (Phi) is 4.52. The number of aryl methyl sites for hydroxylation is 1. The zero-order valence-electron chi connectivity index (χ0n) is 13.2. The molecule has 0 fully saturated rings. The molecule has 0 bridgehead atoms. The van der Waals surface area contributed by atoms with E-state index in [1.807, 2.05) is 43.5 Å². The second-order valence-corrected chi connectivity index (χ2v) is 5.46. The van der Waals surface area contributed by atoms with Gasteiger partial charge in [-0.3, -0.25) is 4.98 Å². The fourth-order valence-corrected chi connectivity index (χ4v) is 2.36. The maximum absolute atomic E-state index is 11.3. The van der Waals surface area contributed by atoms with E-state index < -0.39 is 5.97 Å². The van der Waals surface area contributed by atoms with Crippen molar-refractivity contribution < 1.29 is 9.90 Å². The van der Waals surface area contributed by atoms with Crippen LogP contribution in [-0.2, 0) is 6.54 Å². The number of nitrogens with one attached hydrogen (secondary N) is 1. The summed E-state index contributed by atoms with van der Waals surface area (Å²) in [6.07, 6.45) is 3.50. The average molecular weight is 319 g/mol. The van der Waals surface area contributed by atoms with Gasteiger partial charge in [0.25, 0.3) is 0 Å². The highest BCUT2D eigenvalue weighted by atomic mass is 16.4. The zero-order valence-corrected chi connectivity index (χ0v) is 13.2. The van der Waals surface area contributed by atoms with Crippen LogP contribution in [0, 0.1) is 6.92 Å². The molecule has 0 aliphatic rings. The number of carboxylic acid groups (broad SMARTS) is 1. The number of anilines is 1. The topological polar surface area (TPSA) is 75.1 Å². The Morgan fingerprint density at radius 1 is 1.04 bits per heavy atom. The van der Waals surface area contributed by atoms with E-state index in [9.17, 15) is 9.90 Å². The maximum Gasteiger partial charge on any atom is 0.336 e. The van der Waals surface area contributed by atoms with Crippen molar-refractivity contribution in [2.45, 2.75) is 13.5 Å². The predicted octanol–water partition coefficient (Wildman–Crippen LogP) is 3.76. The number of nitrogens with zero attached hydrogens (tertiary/aromatic N) is 2. The molecule has 5 heteroatoms. The highest BCUT2D eigenvalue weighted by molar-refractivity contribution is 5.95. The number of hydrogen-bond donors (Lipinski definition) is 2.